The van der Waals surface area contributed by atoms with Gasteiger partial charge in [0, 0.05) is 19.1 Å². The van der Waals surface area contributed by atoms with Crippen molar-refractivity contribution < 1.29 is 4.74 Å². The molecule has 2 N–H and O–H groups in total. The molecule has 1 saturated heterocycles. The molecule has 0 saturated carbocycles. The van der Waals surface area contributed by atoms with Crippen molar-refractivity contribution in [2.24, 2.45) is 0 Å². The zero-order valence-corrected chi connectivity index (χ0v) is 11.1. The lowest BCUT2D eigenvalue weighted by atomic mass is 10.1. The van der Waals surface area contributed by atoms with E-state index >= 15 is 0 Å². The van der Waals surface area contributed by atoms with Gasteiger partial charge in [-0.1, -0.05) is 12.1 Å². The van der Waals surface area contributed by atoms with Gasteiger partial charge in [0.25, 0.3) is 0 Å². The van der Waals surface area contributed by atoms with Gasteiger partial charge in [-0.2, -0.15) is 0 Å². The molecule has 1 heterocycles. The van der Waals surface area contributed by atoms with E-state index in [1.165, 1.54) is 24.9 Å². The molecule has 1 aliphatic heterocycles. The molecule has 0 spiro atoms. The number of ether oxygens (including phenoxy) is 1. The first-order chi connectivity index (χ1) is 7.88. The van der Waals surface area contributed by atoms with Gasteiger partial charge in [0.15, 0.2) is 0 Å². The van der Waals surface area contributed by atoms with Crippen LogP contribution in [0.15, 0.2) is 24.3 Å². The van der Waals surface area contributed by atoms with Gasteiger partial charge in [-0.25, -0.2) is 0 Å². The third-order valence-electron chi connectivity index (χ3n) is 3.05. The van der Waals surface area contributed by atoms with E-state index in [4.69, 9.17) is 4.74 Å². The zero-order chi connectivity index (χ0) is 11.2. The number of benzene rings is 1. The molecule has 1 atom stereocenters. The van der Waals surface area contributed by atoms with E-state index in [0.717, 1.165) is 18.8 Å². The van der Waals surface area contributed by atoms with Crippen molar-refractivity contribution in [2.75, 3.05) is 20.2 Å². The maximum absolute atomic E-state index is 5.13. The van der Waals surface area contributed by atoms with Crippen LogP contribution in [0.4, 0.5) is 0 Å². The minimum Gasteiger partial charge on any atom is -0.497 e. The first kappa shape index (κ1) is 14.3. The van der Waals surface area contributed by atoms with Crippen LogP contribution >= 0.6 is 12.4 Å². The van der Waals surface area contributed by atoms with Crippen LogP contribution in [-0.4, -0.2) is 26.2 Å². The van der Waals surface area contributed by atoms with Crippen molar-refractivity contribution >= 4 is 12.4 Å². The van der Waals surface area contributed by atoms with E-state index in [-0.39, 0.29) is 12.4 Å². The number of hydrogen-bond donors (Lipinski definition) is 2. The number of rotatable bonds is 4. The highest BCUT2D eigenvalue weighted by Gasteiger charge is 2.11. The number of nitrogens with one attached hydrogen (secondary N) is 2. The number of piperidine rings is 1. The monoisotopic (exact) mass is 256 g/mol. The minimum atomic E-state index is 0. The topological polar surface area (TPSA) is 33.3 Å². The van der Waals surface area contributed by atoms with E-state index in [2.05, 4.69) is 22.8 Å². The molecule has 0 radical (unpaired) electrons. The van der Waals surface area contributed by atoms with Crippen molar-refractivity contribution in [3.05, 3.63) is 29.8 Å². The summed E-state index contributed by atoms with van der Waals surface area (Å²) in [4.78, 5) is 0. The summed E-state index contributed by atoms with van der Waals surface area (Å²) >= 11 is 0. The first-order valence-corrected chi connectivity index (χ1v) is 5.95. The van der Waals surface area contributed by atoms with Gasteiger partial charge in [0.2, 0.25) is 0 Å². The standard InChI is InChI=1S/C13H20N2O.ClH/c1-16-13-6-4-11(5-7-13)9-15-12-3-2-8-14-10-12;/h4-7,12,14-15H,2-3,8-10H2,1H3;1H. The van der Waals surface area contributed by atoms with Gasteiger partial charge >= 0.3 is 0 Å². The molecule has 17 heavy (non-hydrogen) atoms. The molecule has 2 rings (SSSR count). The second-order valence-electron chi connectivity index (χ2n) is 4.27. The lowest BCUT2D eigenvalue weighted by Crippen LogP contribution is -2.42. The Labute approximate surface area is 109 Å². The van der Waals surface area contributed by atoms with E-state index in [1.54, 1.807) is 7.11 Å². The third kappa shape index (κ3) is 4.54. The van der Waals surface area contributed by atoms with Gasteiger partial charge in [0.1, 0.15) is 5.75 Å². The molecular weight excluding hydrogens is 236 g/mol. The third-order valence-corrected chi connectivity index (χ3v) is 3.05. The normalized spacial score (nSPS) is 19.5. The summed E-state index contributed by atoms with van der Waals surface area (Å²) in [6.45, 7) is 3.20. The highest BCUT2D eigenvalue weighted by atomic mass is 35.5. The van der Waals surface area contributed by atoms with Crippen LogP contribution in [0.25, 0.3) is 0 Å². The van der Waals surface area contributed by atoms with Crippen LogP contribution in [0.5, 0.6) is 5.75 Å². The molecular formula is C13H21ClN2O. The SMILES string of the molecule is COc1ccc(CNC2CCCNC2)cc1.Cl. The zero-order valence-electron chi connectivity index (χ0n) is 10.2. The second-order valence-corrected chi connectivity index (χ2v) is 4.27. The predicted molar refractivity (Wildman–Crippen MR) is 73.0 cm³/mol. The Morgan fingerprint density at radius 1 is 1.35 bits per heavy atom. The summed E-state index contributed by atoms with van der Waals surface area (Å²) in [5.74, 6) is 0.920. The largest absolute Gasteiger partial charge is 0.497 e. The highest BCUT2D eigenvalue weighted by Crippen LogP contribution is 2.11. The van der Waals surface area contributed by atoms with E-state index in [0.29, 0.717) is 6.04 Å². The quantitative estimate of drug-likeness (QED) is 0.864. The van der Waals surface area contributed by atoms with Gasteiger partial charge in [-0.3, -0.25) is 0 Å². The van der Waals surface area contributed by atoms with E-state index < -0.39 is 0 Å². The Bertz CT molecular complexity index is 310. The molecule has 0 bridgehead atoms. The lowest BCUT2D eigenvalue weighted by Gasteiger charge is -2.23. The second kappa shape index (κ2) is 7.54. The predicted octanol–water partition coefficient (Wildman–Crippen LogP) is 1.96. The average molecular weight is 257 g/mol. The van der Waals surface area contributed by atoms with Crippen LogP contribution < -0.4 is 15.4 Å². The molecule has 1 aromatic rings. The molecule has 1 aromatic carbocycles. The van der Waals surface area contributed by atoms with Gasteiger partial charge < -0.3 is 15.4 Å². The Hall–Kier alpha value is -0.770. The molecule has 1 unspecified atom stereocenters. The highest BCUT2D eigenvalue weighted by molar-refractivity contribution is 5.85. The summed E-state index contributed by atoms with van der Waals surface area (Å²) < 4.78 is 5.13. The summed E-state index contributed by atoms with van der Waals surface area (Å²) in [5, 5.41) is 6.98. The van der Waals surface area contributed by atoms with Crippen molar-refractivity contribution in [2.45, 2.75) is 25.4 Å². The van der Waals surface area contributed by atoms with Crippen LogP contribution in [0.2, 0.25) is 0 Å². The number of methoxy groups -OCH3 is 1. The molecule has 1 fully saturated rings. The Morgan fingerprint density at radius 3 is 2.71 bits per heavy atom. The molecule has 0 aliphatic carbocycles. The minimum absolute atomic E-state index is 0. The van der Waals surface area contributed by atoms with Crippen LogP contribution in [0.1, 0.15) is 18.4 Å². The molecule has 4 heteroatoms. The molecule has 3 nitrogen and oxygen atoms in total. The number of halogens is 1. The molecule has 1 aliphatic rings. The fourth-order valence-electron chi connectivity index (χ4n) is 2.03. The van der Waals surface area contributed by atoms with Crippen LogP contribution in [0.3, 0.4) is 0 Å². The van der Waals surface area contributed by atoms with Crippen LogP contribution in [0, 0.1) is 0 Å². The van der Waals surface area contributed by atoms with Crippen LogP contribution in [-0.2, 0) is 6.54 Å². The summed E-state index contributed by atoms with van der Waals surface area (Å²) in [5.41, 5.74) is 1.31. The Kier molecular flexibility index (Phi) is 6.34. The molecule has 96 valence electrons. The number of hydrogen-bond acceptors (Lipinski definition) is 3. The summed E-state index contributed by atoms with van der Waals surface area (Å²) in [6.07, 6.45) is 2.56. The van der Waals surface area contributed by atoms with E-state index in [1.807, 2.05) is 12.1 Å². The summed E-state index contributed by atoms with van der Waals surface area (Å²) in [7, 11) is 1.70. The Balaban J connectivity index is 0.00000144. The van der Waals surface area contributed by atoms with Crippen molar-refractivity contribution in [1.82, 2.24) is 10.6 Å². The molecule has 0 aromatic heterocycles. The maximum Gasteiger partial charge on any atom is 0.118 e. The Morgan fingerprint density at radius 2 is 2.12 bits per heavy atom. The van der Waals surface area contributed by atoms with Crippen molar-refractivity contribution in [3.63, 3.8) is 0 Å². The fourth-order valence-corrected chi connectivity index (χ4v) is 2.03. The van der Waals surface area contributed by atoms with E-state index in [9.17, 15) is 0 Å². The fraction of sp³-hybridized carbons (Fsp3) is 0.538. The average Bonchev–Trinajstić information content (AvgIpc) is 2.38. The van der Waals surface area contributed by atoms with Gasteiger partial charge in [-0.15, -0.1) is 12.4 Å². The van der Waals surface area contributed by atoms with Gasteiger partial charge in [-0.05, 0) is 37.1 Å². The van der Waals surface area contributed by atoms with Crippen molar-refractivity contribution in [3.8, 4) is 5.75 Å². The first-order valence-electron chi connectivity index (χ1n) is 5.95. The maximum atomic E-state index is 5.13. The smallest absolute Gasteiger partial charge is 0.118 e. The molecule has 0 amide bonds. The lowest BCUT2D eigenvalue weighted by molar-refractivity contribution is 0.388. The summed E-state index contributed by atoms with van der Waals surface area (Å²) in [6, 6.07) is 8.87. The van der Waals surface area contributed by atoms with Crippen molar-refractivity contribution in [1.29, 1.82) is 0 Å². The van der Waals surface area contributed by atoms with Gasteiger partial charge in [0.05, 0.1) is 7.11 Å².